The van der Waals surface area contributed by atoms with Crippen molar-refractivity contribution in [3.63, 3.8) is 0 Å². The Morgan fingerprint density at radius 2 is 1.70 bits per heavy atom. The van der Waals surface area contributed by atoms with E-state index in [9.17, 15) is 18.0 Å². The maximum Gasteiger partial charge on any atom is 0.407 e. The van der Waals surface area contributed by atoms with Crippen molar-refractivity contribution >= 4 is 6.09 Å². The lowest BCUT2D eigenvalue weighted by molar-refractivity contribution is -0.127. The number of hydrogen-bond donors (Lipinski definition) is 2. The van der Waals surface area contributed by atoms with Crippen LogP contribution in [0.5, 0.6) is 0 Å². The molecule has 1 saturated carbocycles. The van der Waals surface area contributed by atoms with Crippen molar-refractivity contribution in [2.24, 2.45) is 0 Å². The van der Waals surface area contributed by atoms with Crippen molar-refractivity contribution in [3.8, 4) is 0 Å². The Bertz CT molecular complexity index is 327. The highest BCUT2D eigenvalue weighted by Crippen LogP contribution is 2.21. The van der Waals surface area contributed by atoms with E-state index in [-0.39, 0.29) is 12.1 Å². The maximum absolute atomic E-state index is 12.2. The van der Waals surface area contributed by atoms with Gasteiger partial charge in [-0.3, -0.25) is 0 Å². The molecular weight excluding hydrogens is 273 g/mol. The molecule has 118 valence electrons. The van der Waals surface area contributed by atoms with Crippen LogP contribution in [-0.4, -0.2) is 36.5 Å². The minimum absolute atomic E-state index is 0.319. The molecule has 0 aliphatic heterocycles. The van der Waals surface area contributed by atoms with Gasteiger partial charge in [0.05, 0.1) is 6.54 Å². The molecule has 0 aromatic carbocycles. The van der Waals surface area contributed by atoms with Crippen molar-refractivity contribution in [2.45, 2.75) is 70.3 Å². The summed E-state index contributed by atoms with van der Waals surface area (Å²) in [6.07, 6.45) is -1.78. The summed E-state index contributed by atoms with van der Waals surface area (Å²) in [4.78, 5) is 11.7. The predicted molar refractivity (Wildman–Crippen MR) is 69.5 cm³/mol. The molecule has 0 bridgehead atoms. The molecule has 0 aromatic heterocycles. The van der Waals surface area contributed by atoms with E-state index in [4.69, 9.17) is 4.74 Å². The lowest BCUT2D eigenvalue weighted by atomic mass is 9.90. The highest BCUT2D eigenvalue weighted by Gasteiger charge is 2.33. The van der Waals surface area contributed by atoms with Crippen LogP contribution in [0.2, 0.25) is 0 Å². The van der Waals surface area contributed by atoms with Gasteiger partial charge in [0.15, 0.2) is 0 Å². The van der Waals surface area contributed by atoms with E-state index in [0.717, 1.165) is 12.8 Å². The Labute approximate surface area is 117 Å². The second kappa shape index (κ2) is 6.65. The number of hydrogen-bond acceptors (Lipinski definition) is 3. The molecule has 0 saturated heterocycles. The monoisotopic (exact) mass is 296 g/mol. The van der Waals surface area contributed by atoms with Gasteiger partial charge in [-0.15, -0.1) is 0 Å². The lowest BCUT2D eigenvalue weighted by Crippen LogP contribution is -2.54. The molecule has 7 heteroatoms. The molecule has 0 unspecified atom stereocenters. The molecule has 1 amide bonds. The summed E-state index contributed by atoms with van der Waals surface area (Å²) < 4.78 is 41.9. The lowest BCUT2D eigenvalue weighted by Gasteiger charge is -2.33. The topological polar surface area (TPSA) is 50.4 Å². The third-order valence-electron chi connectivity index (χ3n) is 3.03. The molecule has 1 rings (SSSR count). The SMILES string of the molecule is CC(C)(C)OC(=O)N[C@H]1CCCC[C@H]1NCC(F)(F)F. The molecule has 0 aromatic rings. The molecule has 20 heavy (non-hydrogen) atoms. The summed E-state index contributed by atoms with van der Waals surface area (Å²) in [5, 5.41) is 5.16. The minimum atomic E-state index is -4.24. The average molecular weight is 296 g/mol. The third kappa shape index (κ3) is 6.98. The van der Waals surface area contributed by atoms with E-state index in [0.29, 0.717) is 12.8 Å². The Morgan fingerprint density at radius 3 is 2.20 bits per heavy atom. The molecule has 1 aliphatic carbocycles. The Balaban J connectivity index is 2.49. The van der Waals surface area contributed by atoms with Crippen LogP contribution in [-0.2, 0) is 4.74 Å². The van der Waals surface area contributed by atoms with Gasteiger partial charge in [0.25, 0.3) is 0 Å². The second-order valence-corrected chi connectivity index (χ2v) is 6.14. The van der Waals surface area contributed by atoms with Crippen LogP contribution in [0.15, 0.2) is 0 Å². The maximum atomic E-state index is 12.2. The van der Waals surface area contributed by atoms with Crippen LogP contribution in [0.25, 0.3) is 0 Å². The Kier molecular flexibility index (Phi) is 5.68. The number of alkyl halides is 3. The normalized spacial score (nSPS) is 24.3. The number of nitrogens with one attached hydrogen (secondary N) is 2. The van der Waals surface area contributed by atoms with Gasteiger partial charge in [0.1, 0.15) is 5.60 Å². The van der Waals surface area contributed by atoms with E-state index in [1.807, 2.05) is 0 Å². The predicted octanol–water partition coefficient (Wildman–Crippen LogP) is 2.97. The highest BCUT2D eigenvalue weighted by atomic mass is 19.4. The Morgan fingerprint density at radius 1 is 1.15 bits per heavy atom. The van der Waals surface area contributed by atoms with Gasteiger partial charge >= 0.3 is 12.3 Å². The van der Waals surface area contributed by atoms with Gasteiger partial charge in [-0.25, -0.2) is 4.79 Å². The highest BCUT2D eigenvalue weighted by molar-refractivity contribution is 5.68. The summed E-state index contributed by atoms with van der Waals surface area (Å²) in [5.41, 5.74) is -0.617. The fourth-order valence-corrected chi connectivity index (χ4v) is 2.25. The van der Waals surface area contributed by atoms with Crippen LogP contribution < -0.4 is 10.6 Å². The molecular formula is C13H23F3N2O2. The quantitative estimate of drug-likeness (QED) is 0.842. The molecule has 0 radical (unpaired) electrons. The first-order valence-corrected chi connectivity index (χ1v) is 6.86. The van der Waals surface area contributed by atoms with Crippen LogP contribution in [0.1, 0.15) is 46.5 Å². The fourth-order valence-electron chi connectivity index (χ4n) is 2.25. The van der Waals surface area contributed by atoms with Crippen LogP contribution in [0, 0.1) is 0 Å². The van der Waals surface area contributed by atoms with Crippen LogP contribution >= 0.6 is 0 Å². The van der Waals surface area contributed by atoms with Crippen molar-refractivity contribution < 1.29 is 22.7 Å². The number of rotatable bonds is 3. The number of amides is 1. The van der Waals surface area contributed by atoms with E-state index in [1.165, 1.54) is 0 Å². The summed E-state index contributed by atoms with van der Waals surface area (Å²) in [6.45, 7) is 4.19. The molecule has 0 heterocycles. The fraction of sp³-hybridized carbons (Fsp3) is 0.923. The molecule has 1 fully saturated rings. The van der Waals surface area contributed by atoms with Gasteiger partial charge in [0.2, 0.25) is 0 Å². The minimum Gasteiger partial charge on any atom is -0.444 e. The van der Waals surface area contributed by atoms with Crippen molar-refractivity contribution in [1.82, 2.24) is 10.6 Å². The first-order valence-electron chi connectivity index (χ1n) is 6.86. The van der Waals surface area contributed by atoms with E-state index in [2.05, 4.69) is 10.6 Å². The zero-order chi connectivity index (χ0) is 15.4. The third-order valence-corrected chi connectivity index (χ3v) is 3.03. The van der Waals surface area contributed by atoms with E-state index >= 15 is 0 Å². The summed E-state index contributed by atoms with van der Waals surface area (Å²) in [6, 6.07) is -0.682. The van der Waals surface area contributed by atoms with E-state index in [1.54, 1.807) is 20.8 Å². The molecule has 0 spiro atoms. The summed E-state index contributed by atoms with van der Waals surface area (Å²) in [7, 11) is 0. The number of alkyl carbamates (subject to hydrolysis) is 1. The van der Waals surface area contributed by atoms with Gasteiger partial charge in [-0.05, 0) is 33.6 Å². The van der Waals surface area contributed by atoms with Crippen LogP contribution in [0.4, 0.5) is 18.0 Å². The van der Waals surface area contributed by atoms with Crippen LogP contribution in [0.3, 0.4) is 0 Å². The largest absolute Gasteiger partial charge is 0.444 e. The van der Waals surface area contributed by atoms with Crippen molar-refractivity contribution in [1.29, 1.82) is 0 Å². The summed E-state index contributed by atoms with van der Waals surface area (Å²) >= 11 is 0. The number of carbonyl (C=O) groups excluding carboxylic acids is 1. The van der Waals surface area contributed by atoms with Gasteiger partial charge in [-0.2, -0.15) is 13.2 Å². The van der Waals surface area contributed by atoms with Gasteiger partial charge in [-0.1, -0.05) is 12.8 Å². The molecule has 2 N–H and O–H groups in total. The van der Waals surface area contributed by atoms with Gasteiger partial charge in [0, 0.05) is 12.1 Å². The van der Waals surface area contributed by atoms with Crippen molar-refractivity contribution in [2.75, 3.05) is 6.54 Å². The Hall–Kier alpha value is -0.980. The number of halogens is 3. The molecule has 4 nitrogen and oxygen atoms in total. The number of carbonyl (C=O) groups is 1. The average Bonchev–Trinajstić information content (AvgIpc) is 2.24. The van der Waals surface area contributed by atoms with Crippen molar-refractivity contribution in [3.05, 3.63) is 0 Å². The molecule has 2 atom stereocenters. The zero-order valence-electron chi connectivity index (χ0n) is 12.1. The second-order valence-electron chi connectivity index (χ2n) is 6.14. The van der Waals surface area contributed by atoms with Gasteiger partial charge < -0.3 is 15.4 Å². The first kappa shape index (κ1) is 17.1. The smallest absolute Gasteiger partial charge is 0.407 e. The molecule has 1 aliphatic rings. The first-order chi connectivity index (χ1) is 9.07. The summed E-state index contributed by atoms with van der Waals surface area (Å²) in [5.74, 6) is 0. The number of ether oxygens (including phenoxy) is 1. The van der Waals surface area contributed by atoms with E-state index < -0.39 is 24.4 Å². The standard InChI is InChI=1S/C13H23F3N2O2/c1-12(2,3)20-11(19)18-10-7-5-4-6-9(10)17-8-13(14,15)16/h9-10,17H,4-8H2,1-3H3,(H,18,19)/t9-,10+/m1/s1. The zero-order valence-corrected chi connectivity index (χ0v) is 12.1.